The predicted octanol–water partition coefficient (Wildman–Crippen LogP) is 1.68. The van der Waals surface area contributed by atoms with Crippen LogP contribution in [0, 0.1) is 5.41 Å². The fourth-order valence-electron chi connectivity index (χ4n) is 1.95. The van der Waals surface area contributed by atoms with Crippen molar-refractivity contribution in [2.45, 2.75) is 39.7 Å². The van der Waals surface area contributed by atoms with E-state index < -0.39 is 5.97 Å². The molecule has 0 atom stereocenters. The summed E-state index contributed by atoms with van der Waals surface area (Å²) in [6.07, 6.45) is 4.69. The van der Waals surface area contributed by atoms with Gasteiger partial charge in [0.25, 0.3) is 0 Å². The minimum Gasteiger partial charge on any atom is -0.480 e. The van der Waals surface area contributed by atoms with Crippen molar-refractivity contribution in [2.75, 3.05) is 19.8 Å². The summed E-state index contributed by atoms with van der Waals surface area (Å²) in [5.74, 6) is -1.21. The summed E-state index contributed by atoms with van der Waals surface area (Å²) >= 11 is 0. The van der Waals surface area contributed by atoms with Crippen LogP contribution in [0.5, 0.6) is 0 Å². The number of ether oxygens (including phenoxy) is 1. The molecule has 1 N–H and O–H groups in total. The van der Waals surface area contributed by atoms with Gasteiger partial charge in [-0.3, -0.25) is 9.59 Å². The van der Waals surface area contributed by atoms with Crippen LogP contribution in [0.1, 0.15) is 33.6 Å². The highest BCUT2D eigenvalue weighted by Gasteiger charge is 2.26. The van der Waals surface area contributed by atoms with Gasteiger partial charge in [0.05, 0.1) is 0 Å². The zero-order valence-corrected chi connectivity index (χ0v) is 11.9. The molecule has 1 saturated heterocycles. The van der Waals surface area contributed by atoms with Gasteiger partial charge in [-0.15, -0.1) is 0 Å². The maximum Gasteiger partial charge on any atom is 0.323 e. The van der Waals surface area contributed by atoms with Crippen LogP contribution in [0.25, 0.3) is 0 Å². The van der Waals surface area contributed by atoms with Crippen LogP contribution in [0.3, 0.4) is 0 Å². The molecule has 0 aromatic rings. The highest BCUT2D eigenvalue weighted by Crippen LogP contribution is 2.17. The van der Waals surface area contributed by atoms with Gasteiger partial charge in [-0.05, 0) is 24.3 Å². The van der Waals surface area contributed by atoms with Gasteiger partial charge in [-0.1, -0.05) is 26.8 Å². The van der Waals surface area contributed by atoms with Gasteiger partial charge in [-0.25, -0.2) is 0 Å². The van der Waals surface area contributed by atoms with Crippen LogP contribution in [0.2, 0.25) is 0 Å². The molecule has 108 valence electrons. The van der Waals surface area contributed by atoms with Gasteiger partial charge in [0.2, 0.25) is 5.91 Å². The van der Waals surface area contributed by atoms with Gasteiger partial charge < -0.3 is 14.7 Å². The maximum absolute atomic E-state index is 12.2. The monoisotopic (exact) mass is 269 g/mol. The Labute approximate surface area is 114 Å². The Kier molecular flexibility index (Phi) is 5.54. The summed E-state index contributed by atoms with van der Waals surface area (Å²) in [4.78, 5) is 24.5. The molecule has 0 bridgehead atoms. The van der Waals surface area contributed by atoms with Crippen LogP contribution in [-0.4, -0.2) is 47.7 Å². The molecule has 1 aliphatic rings. The highest BCUT2D eigenvalue weighted by molar-refractivity contribution is 5.90. The van der Waals surface area contributed by atoms with E-state index in [1.165, 1.54) is 11.0 Å². The molecule has 0 radical (unpaired) electrons. The Morgan fingerprint density at radius 2 is 1.89 bits per heavy atom. The zero-order valence-electron chi connectivity index (χ0n) is 11.9. The fraction of sp³-hybridized carbons (Fsp3) is 0.714. The second-order valence-electron chi connectivity index (χ2n) is 5.90. The molecule has 0 aromatic carbocycles. The lowest BCUT2D eigenvalue weighted by Crippen LogP contribution is -2.45. The van der Waals surface area contributed by atoms with Crippen molar-refractivity contribution in [3.63, 3.8) is 0 Å². The molecular weight excluding hydrogens is 246 g/mol. The van der Waals surface area contributed by atoms with Gasteiger partial charge in [0, 0.05) is 19.3 Å². The molecule has 1 rings (SSSR count). The number of carbonyl (C=O) groups is 2. The summed E-state index contributed by atoms with van der Waals surface area (Å²) in [6.45, 7) is 6.89. The Balaban J connectivity index is 2.75. The second-order valence-corrected chi connectivity index (χ2v) is 5.90. The standard InChI is InChI=1S/C14H23NO4/c1-14(2,3)7-4-12(16)15(10-13(17)18)11-5-8-19-9-6-11/h4,7,11H,5-6,8-10H2,1-3H3,(H,17,18)/b7-4+. The van der Waals surface area contributed by atoms with Crippen molar-refractivity contribution >= 4 is 11.9 Å². The number of hydrogen-bond acceptors (Lipinski definition) is 3. The van der Waals surface area contributed by atoms with E-state index in [4.69, 9.17) is 9.84 Å². The van der Waals surface area contributed by atoms with Crippen molar-refractivity contribution in [3.8, 4) is 0 Å². The number of carboxylic acid groups (broad SMARTS) is 1. The van der Waals surface area contributed by atoms with Crippen LogP contribution in [0.15, 0.2) is 12.2 Å². The molecule has 0 aliphatic carbocycles. The molecule has 0 spiro atoms. The lowest BCUT2D eigenvalue weighted by atomic mass is 9.96. The summed E-state index contributed by atoms with van der Waals surface area (Å²) in [6, 6.07) is -0.0398. The first kappa shape index (κ1) is 15.7. The molecule has 1 fully saturated rings. The molecule has 0 aromatic heterocycles. The first-order chi connectivity index (χ1) is 8.79. The quantitative estimate of drug-likeness (QED) is 0.789. The van der Waals surface area contributed by atoms with E-state index >= 15 is 0 Å². The smallest absolute Gasteiger partial charge is 0.323 e. The Hall–Kier alpha value is -1.36. The molecule has 19 heavy (non-hydrogen) atoms. The number of rotatable bonds is 4. The number of carbonyl (C=O) groups excluding carboxylic acids is 1. The average molecular weight is 269 g/mol. The lowest BCUT2D eigenvalue weighted by molar-refractivity contribution is -0.145. The summed E-state index contributed by atoms with van der Waals surface area (Å²) in [5.41, 5.74) is -0.0970. The van der Waals surface area contributed by atoms with Crippen molar-refractivity contribution in [1.29, 1.82) is 0 Å². The third-order valence-electron chi connectivity index (χ3n) is 2.95. The van der Waals surface area contributed by atoms with Gasteiger partial charge in [0.15, 0.2) is 0 Å². The molecule has 1 heterocycles. The number of allylic oxidation sites excluding steroid dienone is 1. The average Bonchev–Trinajstić information content (AvgIpc) is 2.33. The van der Waals surface area contributed by atoms with Crippen molar-refractivity contribution < 1.29 is 19.4 Å². The van der Waals surface area contributed by atoms with E-state index in [0.29, 0.717) is 26.1 Å². The fourth-order valence-corrected chi connectivity index (χ4v) is 1.95. The number of aliphatic carboxylic acids is 1. The zero-order chi connectivity index (χ0) is 14.5. The van der Waals surface area contributed by atoms with E-state index in [1.807, 2.05) is 26.8 Å². The minimum atomic E-state index is -0.982. The van der Waals surface area contributed by atoms with Crippen molar-refractivity contribution in [1.82, 2.24) is 4.90 Å². The Morgan fingerprint density at radius 1 is 1.32 bits per heavy atom. The highest BCUT2D eigenvalue weighted by atomic mass is 16.5. The molecule has 0 saturated carbocycles. The minimum absolute atomic E-state index is 0.0398. The van der Waals surface area contributed by atoms with Crippen molar-refractivity contribution in [3.05, 3.63) is 12.2 Å². The van der Waals surface area contributed by atoms with Gasteiger partial charge in [-0.2, -0.15) is 0 Å². The van der Waals surface area contributed by atoms with E-state index in [9.17, 15) is 9.59 Å². The first-order valence-electron chi connectivity index (χ1n) is 6.59. The van der Waals surface area contributed by atoms with Crippen LogP contribution < -0.4 is 0 Å². The van der Waals surface area contributed by atoms with E-state index in [1.54, 1.807) is 0 Å². The van der Waals surface area contributed by atoms with Gasteiger partial charge in [0.1, 0.15) is 6.54 Å². The van der Waals surface area contributed by atoms with E-state index in [2.05, 4.69) is 0 Å². The third-order valence-corrected chi connectivity index (χ3v) is 2.95. The summed E-state index contributed by atoms with van der Waals surface area (Å²) in [5, 5.41) is 8.94. The summed E-state index contributed by atoms with van der Waals surface area (Å²) in [7, 11) is 0. The topological polar surface area (TPSA) is 66.8 Å². The number of carboxylic acids is 1. The number of nitrogens with zero attached hydrogens (tertiary/aromatic N) is 1. The Bertz CT molecular complexity index is 351. The Morgan fingerprint density at radius 3 is 2.37 bits per heavy atom. The lowest BCUT2D eigenvalue weighted by Gasteiger charge is -2.32. The largest absolute Gasteiger partial charge is 0.480 e. The molecule has 1 amide bonds. The molecule has 5 nitrogen and oxygen atoms in total. The maximum atomic E-state index is 12.2. The molecule has 1 aliphatic heterocycles. The molecule has 5 heteroatoms. The molecular formula is C14H23NO4. The van der Waals surface area contributed by atoms with Crippen LogP contribution >= 0.6 is 0 Å². The van der Waals surface area contributed by atoms with E-state index in [0.717, 1.165) is 0 Å². The molecule has 0 unspecified atom stereocenters. The number of hydrogen-bond donors (Lipinski definition) is 1. The van der Waals surface area contributed by atoms with Gasteiger partial charge >= 0.3 is 5.97 Å². The summed E-state index contributed by atoms with van der Waals surface area (Å²) < 4.78 is 5.25. The first-order valence-corrected chi connectivity index (χ1v) is 6.59. The van der Waals surface area contributed by atoms with Crippen molar-refractivity contribution in [2.24, 2.45) is 5.41 Å². The van der Waals surface area contributed by atoms with Crippen LogP contribution in [0.4, 0.5) is 0 Å². The third kappa shape index (κ3) is 5.87. The van der Waals surface area contributed by atoms with Crippen LogP contribution in [-0.2, 0) is 14.3 Å². The number of amides is 1. The predicted molar refractivity (Wildman–Crippen MR) is 71.8 cm³/mol. The normalized spacial score (nSPS) is 17.6. The van der Waals surface area contributed by atoms with E-state index in [-0.39, 0.29) is 23.9 Å². The SMILES string of the molecule is CC(C)(C)/C=C/C(=O)N(CC(=O)O)C1CCOCC1. The second kappa shape index (κ2) is 6.70.